The van der Waals surface area contributed by atoms with Gasteiger partial charge in [-0.2, -0.15) is 0 Å². The third kappa shape index (κ3) is 4.87. The molecule has 0 unspecified atom stereocenters. The molecule has 4 aromatic rings. The lowest BCUT2D eigenvalue weighted by atomic mass is 9.95. The number of hydrogen-bond acceptors (Lipinski definition) is 6. The quantitative estimate of drug-likeness (QED) is 0.394. The zero-order valence-corrected chi connectivity index (χ0v) is 21.7. The first kappa shape index (κ1) is 24.5. The van der Waals surface area contributed by atoms with E-state index < -0.39 is 5.91 Å². The number of fused-ring (bicyclic) bond motifs is 2. The molecule has 1 aromatic heterocycles. The summed E-state index contributed by atoms with van der Waals surface area (Å²) >= 11 is 0. The Morgan fingerprint density at radius 2 is 1.76 bits per heavy atom. The van der Waals surface area contributed by atoms with Crippen molar-refractivity contribution >= 4 is 28.4 Å². The summed E-state index contributed by atoms with van der Waals surface area (Å²) in [5.74, 6) is 0.117. The normalized spacial score (nSPS) is 16.7. The van der Waals surface area contributed by atoms with Gasteiger partial charge in [0.05, 0.1) is 5.52 Å². The van der Waals surface area contributed by atoms with Gasteiger partial charge in [0.2, 0.25) is 11.9 Å². The molecule has 7 nitrogen and oxygen atoms in total. The number of carbonyl (C=O) groups excluding carboxylic acids is 1. The highest BCUT2D eigenvalue weighted by Crippen LogP contribution is 2.32. The van der Waals surface area contributed by atoms with Crippen LogP contribution in [0, 0.1) is 6.92 Å². The molecule has 2 aliphatic rings. The number of hydrogen-bond donors (Lipinski definition) is 2. The fourth-order valence-electron chi connectivity index (χ4n) is 5.89. The number of ether oxygens (including phenoxy) is 1. The molecule has 3 heterocycles. The number of carbonyl (C=O) groups is 1. The lowest BCUT2D eigenvalue weighted by Gasteiger charge is -2.33. The van der Waals surface area contributed by atoms with Gasteiger partial charge in [0, 0.05) is 60.7 Å². The topological polar surface area (TPSA) is 93.4 Å². The van der Waals surface area contributed by atoms with Crippen molar-refractivity contribution in [2.24, 2.45) is 5.73 Å². The number of para-hydroxylation sites is 1. The van der Waals surface area contributed by atoms with Crippen molar-refractivity contribution in [2.45, 2.75) is 38.6 Å². The fourth-order valence-corrected chi connectivity index (χ4v) is 5.89. The lowest BCUT2D eigenvalue weighted by Crippen LogP contribution is -2.40. The highest BCUT2D eigenvalue weighted by Gasteiger charge is 2.24. The maximum Gasteiger partial charge on any atom is 0.248 e. The smallest absolute Gasteiger partial charge is 0.248 e. The highest BCUT2D eigenvalue weighted by atomic mass is 16.5. The van der Waals surface area contributed by atoms with E-state index in [4.69, 9.17) is 15.5 Å². The van der Waals surface area contributed by atoms with E-state index in [-0.39, 0.29) is 0 Å². The van der Waals surface area contributed by atoms with E-state index in [1.54, 1.807) is 6.07 Å². The minimum atomic E-state index is -0.430. The van der Waals surface area contributed by atoms with Gasteiger partial charge < -0.3 is 15.8 Å². The van der Waals surface area contributed by atoms with E-state index in [1.165, 1.54) is 11.1 Å². The summed E-state index contributed by atoms with van der Waals surface area (Å²) in [4.78, 5) is 24.1. The van der Waals surface area contributed by atoms with Crippen molar-refractivity contribution in [3.63, 3.8) is 0 Å². The van der Waals surface area contributed by atoms with Crippen molar-refractivity contribution in [3.8, 4) is 11.1 Å². The second-order valence-electron chi connectivity index (χ2n) is 10.3. The van der Waals surface area contributed by atoms with Crippen molar-refractivity contribution < 1.29 is 9.53 Å². The van der Waals surface area contributed by atoms with E-state index in [9.17, 15) is 4.79 Å². The van der Waals surface area contributed by atoms with Gasteiger partial charge in [-0.1, -0.05) is 36.4 Å². The molecule has 0 atom stereocenters. The standard InChI is InChI=1S/C31H33N5O2/c1-20-26(5-3-6-27(20)30(32)37)28-7-2-4-23-19-33-31(35-29(23)28)34-24-9-8-21-10-14-36(15-11-22(21)18-24)25-12-16-38-17-13-25/h2-9,18-19,25H,10-17H2,1H3,(H2,32,37)(H,33,34,35). The van der Waals surface area contributed by atoms with Crippen LogP contribution in [0.4, 0.5) is 11.6 Å². The van der Waals surface area contributed by atoms with Crippen molar-refractivity contribution in [3.05, 3.63) is 83.0 Å². The molecule has 1 amide bonds. The van der Waals surface area contributed by atoms with E-state index in [0.717, 1.165) is 85.3 Å². The summed E-state index contributed by atoms with van der Waals surface area (Å²) in [5, 5.41) is 4.37. The Balaban J connectivity index is 1.26. The largest absolute Gasteiger partial charge is 0.381 e. The van der Waals surface area contributed by atoms with Gasteiger partial charge >= 0.3 is 0 Å². The molecule has 0 bridgehead atoms. The summed E-state index contributed by atoms with van der Waals surface area (Å²) in [6.45, 7) is 5.88. The first-order valence-corrected chi connectivity index (χ1v) is 13.4. The summed E-state index contributed by atoms with van der Waals surface area (Å²) in [5.41, 5.74) is 13.5. The van der Waals surface area contributed by atoms with E-state index >= 15 is 0 Å². The molecule has 2 aliphatic heterocycles. The molecule has 3 N–H and O–H groups in total. The van der Waals surface area contributed by atoms with E-state index in [1.807, 2.05) is 43.5 Å². The summed E-state index contributed by atoms with van der Waals surface area (Å²) in [6.07, 6.45) is 6.23. The third-order valence-electron chi connectivity index (χ3n) is 8.01. The minimum absolute atomic E-state index is 0.430. The van der Waals surface area contributed by atoms with Crippen LogP contribution < -0.4 is 11.1 Å². The first-order valence-electron chi connectivity index (χ1n) is 13.4. The number of rotatable bonds is 5. The summed E-state index contributed by atoms with van der Waals surface area (Å²) in [7, 11) is 0. The first-order chi connectivity index (χ1) is 18.6. The van der Waals surface area contributed by atoms with Crippen LogP contribution in [0.5, 0.6) is 0 Å². The average molecular weight is 508 g/mol. The Morgan fingerprint density at radius 3 is 2.58 bits per heavy atom. The second-order valence-corrected chi connectivity index (χ2v) is 10.3. The molecule has 7 heteroatoms. The minimum Gasteiger partial charge on any atom is -0.381 e. The maximum absolute atomic E-state index is 11.9. The second kappa shape index (κ2) is 10.5. The van der Waals surface area contributed by atoms with Gasteiger partial charge in [0.1, 0.15) is 0 Å². The van der Waals surface area contributed by atoms with Gasteiger partial charge in [0.25, 0.3) is 0 Å². The van der Waals surface area contributed by atoms with Gasteiger partial charge in [0.15, 0.2) is 0 Å². The Kier molecular flexibility index (Phi) is 6.79. The van der Waals surface area contributed by atoms with Crippen LogP contribution in [0.3, 0.4) is 0 Å². The molecule has 1 fully saturated rings. The summed E-state index contributed by atoms with van der Waals surface area (Å²) < 4.78 is 5.57. The number of amides is 1. The highest BCUT2D eigenvalue weighted by molar-refractivity contribution is 5.99. The van der Waals surface area contributed by atoms with Crippen LogP contribution in [0.1, 0.15) is 39.9 Å². The molecule has 0 saturated carbocycles. The van der Waals surface area contributed by atoms with Crippen LogP contribution >= 0.6 is 0 Å². The van der Waals surface area contributed by atoms with E-state index in [2.05, 4.69) is 33.4 Å². The number of primary amides is 1. The van der Waals surface area contributed by atoms with Crippen molar-refractivity contribution in [1.29, 1.82) is 0 Å². The zero-order valence-electron chi connectivity index (χ0n) is 21.7. The fraction of sp³-hybridized carbons (Fsp3) is 0.323. The zero-order chi connectivity index (χ0) is 26.1. The van der Waals surface area contributed by atoms with Gasteiger partial charge in [-0.25, -0.2) is 9.97 Å². The van der Waals surface area contributed by atoms with Gasteiger partial charge in [-0.05, 0) is 73.1 Å². The molecule has 1 saturated heterocycles. The Bertz CT molecular complexity index is 1500. The number of nitrogens with one attached hydrogen (secondary N) is 1. The predicted molar refractivity (Wildman–Crippen MR) is 151 cm³/mol. The molecule has 38 heavy (non-hydrogen) atoms. The summed E-state index contributed by atoms with van der Waals surface area (Å²) in [6, 6.07) is 18.9. The molecule has 194 valence electrons. The predicted octanol–water partition coefficient (Wildman–Crippen LogP) is 5.03. The third-order valence-corrected chi connectivity index (χ3v) is 8.01. The van der Waals surface area contributed by atoms with Crippen molar-refractivity contribution in [2.75, 3.05) is 31.6 Å². The van der Waals surface area contributed by atoms with Gasteiger partial charge in [-0.3, -0.25) is 9.69 Å². The van der Waals surface area contributed by atoms with Crippen LogP contribution in [0.25, 0.3) is 22.0 Å². The molecule has 6 rings (SSSR count). The number of nitrogens with two attached hydrogens (primary N) is 1. The van der Waals surface area contributed by atoms with Crippen LogP contribution in [-0.2, 0) is 17.6 Å². The number of aromatic nitrogens is 2. The molecular weight excluding hydrogens is 474 g/mol. The molecule has 0 radical (unpaired) electrons. The van der Waals surface area contributed by atoms with E-state index in [0.29, 0.717) is 17.6 Å². The molecule has 0 spiro atoms. The van der Waals surface area contributed by atoms with Crippen LogP contribution in [-0.4, -0.2) is 53.1 Å². The number of benzene rings is 3. The Morgan fingerprint density at radius 1 is 1.00 bits per heavy atom. The van der Waals surface area contributed by atoms with Crippen molar-refractivity contribution in [1.82, 2.24) is 14.9 Å². The van der Waals surface area contributed by atoms with Crippen LogP contribution in [0.2, 0.25) is 0 Å². The molecular formula is C31H33N5O2. The number of nitrogens with zero attached hydrogens (tertiary/aromatic N) is 3. The lowest BCUT2D eigenvalue weighted by molar-refractivity contribution is 0.0355. The Hall–Kier alpha value is -3.81. The monoisotopic (exact) mass is 507 g/mol. The SMILES string of the molecule is Cc1c(C(N)=O)cccc1-c1cccc2cnc(Nc3ccc4c(c3)CCN(C3CCOCC3)CC4)nc12. The number of anilines is 2. The van der Waals surface area contributed by atoms with Crippen LogP contribution in [0.15, 0.2) is 60.8 Å². The van der Waals surface area contributed by atoms with Gasteiger partial charge in [-0.15, -0.1) is 0 Å². The molecule has 3 aromatic carbocycles. The molecule has 0 aliphatic carbocycles. The maximum atomic E-state index is 11.9. The Labute approximate surface area is 223 Å². The average Bonchev–Trinajstić information content (AvgIpc) is 3.16.